The lowest BCUT2D eigenvalue weighted by Gasteiger charge is -2.34. The van der Waals surface area contributed by atoms with Gasteiger partial charge in [-0.15, -0.1) is 0 Å². The molecular weight excluding hydrogens is 398 g/mol. The predicted octanol–water partition coefficient (Wildman–Crippen LogP) is 4.56. The number of anilines is 1. The van der Waals surface area contributed by atoms with Crippen molar-refractivity contribution < 1.29 is 9.26 Å². The fraction of sp³-hybridized carbons (Fsp3) is 0.222. The maximum absolute atomic E-state index is 5.48. The maximum Gasteiger partial charge on any atom is 0.180 e. The Hall–Kier alpha value is -3.75. The van der Waals surface area contributed by atoms with Gasteiger partial charge in [-0.2, -0.15) is 0 Å². The van der Waals surface area contributed by atoms with Crippen LogP contribution in [-0.4, -0.2) is 43.3 Å². The van der Waals surface area contributed by atoms with E-state index in [9.17, 15) is 0 Å². The van der Waals surface area contributed by atoms with Crippen LogP contribution in [0.1, 0.15) is 16.7 Å². The zero-order valence-corrected chi connectivity index (χ0v) is 18.1. The number of piperazine rings is 1. The van der Waals surface area contributed by atoms with Gasteiger partial charge < -0.3 is 14.2 Å². The first-order valence-electron chi connectivity index (χ1n) is 10.9. The Kier molecular flexibility index (Phi) is 5.78. The molecule has 0 atom stereocenters. The third-order valence-electron chi connectivity index (χ3n) is 5.81. The zero-order valence-electron chi connectivity index (χ0n) is 18.1. The van der Waals surface area contributed by atoms with Crippen LogP contribution < -0.4 is 9.64 Å². The summed E-state index contributed by atoms with van der Waals surface area (Å²) < 4.78 is 10.9. The van der Waals surface area contributed by atoms with E-state index in [1.165, 1.54) is 5.56 Å². The Morgan fingerprint density at radius 1 is 0.906 bits per heavy atom. The van der Waals surface area contributed by atoms with Crippen molar-refractivity contribution >= 4 is 16.8 Å². The predicted molar refractivity (Wildman–Crippen MR) is 127 cm³/mol. The second kappa shape index (κ2) is 9.17. The summed E-state index contributed by atoms with van der Waals surface area (Å²) in [4.78, 5) is 4.79. The van der Waals surface area contributed by atoms with E-state index in [0.29, 0.717) is 0 Å². The molecule has 5 rings (SSSR count). The lowest BCUT2D eigenvalue weighted by molar-refractivity contribution is 0.248. The van der Waals surface area contributed by atoms with Gasteiger partial charge in [0.15, 0.2) is 11.4 Å². The summed E-state index contributed by atoms with van der Waals surface area (Å²) in [5.74, 6) is 8.27. The van der Waals surface area contributed by atoms with Gasteiger partial charge in [0.2, 0.25) is 0 Å². The van der Waals surface area contributed by atoms with Gasteiger partial charge >= 0.3 is 0 Å². The molecule has 1 saturated heterocycles. The number of para-hydroxylation sites is 2. The Balaban J connectivity index is 1.23. The number of fused-ring (bicyclic) bond motifs is 1. The lowest BCUT2D eigenvalue weighted by Crippen LogP contribution is -2.46. The molecule has 5 nitrogen and oxygen atoms in total. The fourth-order valence-electron chi connectivity index (χ4n) is 4.11. The number of benzene rings is 3. The van der Waals surface area contributed by atoms with E-state index >= 15 is 0 Å². The molecule has 0 bridgehead atoms. The van der Waals surface area contributed by atoms with Crippen molar-refractivity contribution in [3.8, 4) is 17.6 Å². The van der Waals surface area contributed by atoms with E-state index in [1.54, 1.807) is 7.11 Å². The molecule has 0 radical (unpaired) electrons. The van der Waals surface area contributed by atoms with Crippen molar-refractivity contribution in [2.45, 2.75) is 6.54 Å². The number of rotatable bonds is 4. The first-order chi connectivity index (χ1) is 15.8. The van der Waals surface area contributed by atoms with Crippen LogP contribution in [0.3, 0.4) is 0 Å². The molecule has 0 spiro atoms. The average Bonchev–Trinajstić information content (AvgIpc) is 3.28. The van der Waals surface area contributed by atoms with Crippen LogP contribution in [0.4, 0.5) is 5.82 Å². The third kappa shape index (κ3) is 4.32. The minimum atomic E-state index is 0.800. The van der Waals surface area contributed by atoms with E-state index in [0.717, 1.165) is 66.4 Å². The van der Waals surface area contributed by atoms with E-state index in [2.05, 4.69) is 57.1 Å². The number of aromatic nitrogens is 1. The highest BCUT2D eigenvalue weighted by Gasteiger charge is 2.21. The molecule has 1 aromatic heterocycles. The molecule has 0 aliphatic carbocycles. The van der Waals surface area contributed by atoms with Crippen LogP contribution in [0, 0.1) is 11.8 Å². The highest BCUT2D eigenvalue weighted by molar-refractivity contribution is 5.88. The first kappa shape index (κ1) is 20.2. The van der Waals surface area contributed by atoms with Crippen molar-refractivity contribution in [2.24, 2.45) is 0 Å². The molecule has 1 aliphatic rings. The van der Waals surface area contributed by atoms with Crippen molar-refractivity contribution in [2.75, 3.05) is 38.2 Å². The minimum Gasteiger partial charge on any atom is -0.495 e. The van der Waals surface area contributed by atoms with E-state index in [-0.39, 0.29) is 0 Å². The summed E-state index contributed by atoms with van der Waals surface area (Å²) >= 11 is 0. The molecule has 160 valence electrons. The normalized spacial score (nSPS) is 14.2. The molecule has 1 fully saturated rings. The van der Waals surface area contributed by atoms with Gasteiger partial charge in [-0.3, -0.25) is 4.90 Å². The summed E-state index contributed by atoms with van der Waals surface area (Å²) in [6.07, 6.45) is 0. The summed E-state index contributed by atoms with van der Waals surface area (Å²) in [6.45, 7) is 4.75. The van der Waals surface area contributed by atoms with E-state index < -0.39 is 0 Å². The quantitative estimate of drug-likeness (QED) is 0.450. The molecule has 32 heavy (non-hydrogen) atoms. The first-order valence-corrected chi connectivity index (χ1v) is 10.9. The van der Waals surface area contributed by atoms with Crippen LogP contribution in [0.25, 0.3) is 11.0 Å². The Bertz CT molecular complexity index is 1280. The van der Waals surface area contributed by atoms with Gasteiger partial charge in [0.25, 0.3) is 0 Å². The minimum absolute atomic E-state index is 0.800. The number of hydrogen-bond donors (Lipinski definition) is 0. The van der Waals surface area contributed by atoms with E-state index in [4.69, 9.17) is 9.26 Å². The van der Waals surface area contributed by atoms with E-state index in [1.807, 2.05) is 42.5 Å². The van der Waals surface area contributed by atoms with Crippen molar-refractivity contribution in [3.05, 3.63) is 89.5 Å². The molecule has 3 aromatic carbocycles. The summed E-state index contributed by atoms with van der Waals surface area (Å²) in [7, 11) is 1.67. The highest BCUT2D eigenvalue weighted by atomic mass is 16.5. The van der Waals surface area contributed by atoms with Crippen LogP contribution in [-0.2, 0) is 6.54 Å². The average molecular weight is 424 g/mol. The van der Waals surface area contributed by atoms with Crippen LogP contribution in [0.5, 0.6) is 5.75 Å². The zero-order chi connectivity index (χ0) is 21.8. The molecule has 0 N–H and O–H groups in total. The van der Waals surface area contributed by atoms with Gasteiger partial charge in [-0.25, -0.2) is 0 Å². The summed E-state index contributed by atoms with van der Waals surface area (Å²) in [5, 5.41) is 5.39. The molecule has 2 heterocycles. The van der Waals surface area contributed by atoms with Crippen LogP contribution in [0.2, 0.25) is 0 Å². The molecule has 0 amide bonds. The molecule has 1 aliphatic heterocycles. The molecular formula is C27H25N3O2. The highest BCUT2D eigenvalue weighted by Crippen LogP contribution is 2.26. The Labute approximate surface area is 188 Å². The smallest absolute Gasteiger partial charge is 0.180 e. The van der Waals surface area contributed by atoms with Crippen molar-refractivity contribution in [1.29, 1.82) is 0 Å². The third-order valence-corrected chi connectivity index (χ3v) is 5.81. The SMILES string of the molecule is COc1ccccc1C#Cc1cccc(CN2CCN(c3noc4ccccc34)CC2)c1. The van der Waals surface area contributed by atoms with Gasteiger partial charge in [0.05, 0.1) is 18.1 Å². The molecule has 0 unspecified atom stereocenters. The second-order valence-electron chi connectivity index (χ2n) is 7.92. The van der Waals surface area contributed by atoms with Gasteiger partial charge in [0.1, 0.15) is 5.75 Å². The Morgan fingerprint density at radius 3 is 2.59 bits per heavy atom. The van der Waals surface area contributed by atoms with Crippen LogP contribution in [0.15, 0.2) is 77.3 Å². The monoisotopic (exact) mass is 423 g/mol. The fourth-order valence-corrected chi connectivity index (χ4v) is 4.11. The molecule has 0 saturated carbocycles. The summed E-state index contributed by atoms with van der Waals surface area (Å²) in [6, 6.07) is 24.4. The second-order valence-corrected chi connectivity index (χ2v) is 7.92. The lowest BCUT2D eigenvalue weighted by atomic mass is 10.1. The standard InChI is InChI=1S/C27H25N3O2/c1-31-25-11-4-2-9-23(25)14-13-21-7-6-8-22(19-21)20-29-15-17-30(18-16-29)27-24-10-3-5-12-26(24)32-28-27/h2-12,19H,15-18,20H2,1H3. The topological polar surface area (TPSA) is 41.7 Å². The Morgan fingerprint density at radius 2 is 1.72 bits per heavy atom. The number of nitrogens with zero attached hydrogens (tertiary/aromatic N) is 3. The van der Waals surface area contributed by atoms with Crippen molar-refractivity contribution in [3.63, 3.8) is 0 Å². The largest absolute Gasteiger partial charge is 0.495 e. The number of hydrogen-bond acceptors (Lipinski definition) is 5. The maximum atomic E-state index is 5.48. The van der Waals surface area contributed by atoms with Crippen LogP contribution >= 0.6 is 0 Å². The molecule has 4 aromatic rings. The molecule has 5 heteroatoms. The van der Waals surface area contributed by atoms with Gasteiger partial charge in [-0.05, 0) is 42.0 Å². The van der Waals surface area contributed by atoms with Gasteiger partial charge in [0, 0.05) is 38.3 Å². The summed E-state index contributed by atoms with van der Waals surface area (Å²) in [5.41, 5.74) is 4.03. The van der Waals surface area contributed by atoms with Crippen molar-refractivity contribution in [1.82, 2.24) is 10.1 Å². The number of methoxy groups -OCH3 is 1. The van der Waals surface area contributed by atoms with Gasteiger partial charge in [-0.1, -0.05) is 53.4 Å². The number of ether oxygens (including phenoxy) is 1.